The van der Waals surface area contributed by atoms with E-state index in [-0.39, 0.29) is 22.2 Å². The van der Waals surface area contributed by atoms with Crippen LogP contribution in [0.5, 0.6) is 0 Å². The second-order valence-corrected chi connectivity index (χ2v) is 10.1. The SMILES string of the molecule is Cc1ccc(CNC(=O)Cn2c(C)cc(C)c(S(=O)(=O)c3ccc(C)c(C)c3)c2=O)cc1. The van der Waals surface area contributed by atoms with Crippen molar-refractivity contribution in [1.29, 1.82) is 0 Å². The van der Waals surface area contributed by atoms with E-state index in [1.807, 2.05) is 45.0 Å². The predicted molar refractivity (Wildman–Crippen MR) is 125 cm³/mol. The van der Waals surface area contributed by atoms with Crippen molar-refractivity contribution in [2.45, 2.75) is 57.5 Å². The Kier molecular flexibility index (Phi) is 6.69. The fourth-order valence-electron chi connectivity index (χ4n) is 3.54. The summed E-state index contributed by atoms with van der Waals surface area (Å²) in [6.07, 6.45) is 0. The van der Waals surface area contributed by atoms with Crippen molar-refractivity contribution in [2.75, 3.05) is 0 Å². The number of aromatic nitrogens is 1. The van der Waals surface area contributed by atoms with Gasteiger partial charge in [0.15, 0.2) is 0 Å². The first-order valence-electron chi connectivity index (χ1n) is 10.4. The maximum Gasteiger partial charge on any atom is 0.270 e. The van der Waals surface area contributed by atoms with E-state index < -0.39 is 15.4 Å². The van der Waals surface area contributed by atoms with Crippen LogP contribution in [0.1, 0.15) is 33.5 Å². The van der Waals surface area contributed by atoms with Crippen molar-refractivity contribution in [1.82, 2.24) is 9.88 Å². The van der Waals surface area contributed by atoms with Gasteiger partial charge in [-0.2, -0.15) is 0 Å². The lowest BCUT2D eigenvalue weighted by molar-refractivity contribution is -0.121. The predicted octanol–water partition coefficient (Wildman–Crippen LogP) is 3.54. The summed E-state index contributed by atoms with van der Waals surface area (Å²) in [6, 6.07) is 14.2. The van der Waals surface area contributed by atoms with Crippen LogP contribution in [0.4, 0.5) is 0 Å². The van der Waals surface area contributed by atoms with Gasteiger partial charge in [0.1, 0.15) is 11.4 Å². The number of hydrogen-bond donors (Lipinski definition) is 1. The number of carbonyl (C=O) groups excluding carboxylic acids is 1. The summed E-state index contributed by atoms with van der Waals surface area (Å²) in [5.74, 6) is -0.367. The van der Waals surface area contributed by atoms with Crippen molar-refractivity contribution in [2.24, 2.45) is 0 Å². The minimum atomic E-state index is -4.04. The molecule has 7 heteroatoms. The fraction of sp³-hybridized carbons (Fsp3) is 0.280. The first-order valence-corrected chi connectivity index (χ1v) is 11.8. The molecule has 1 N–H and O–H groups in total. The number of carbonyl (C=O) groups is 1. The molecule has 2 aromatic carbocycles. The van der Waals surface area contributed by atoms with Crippen LogP contribution in [0.25, 0.3) is 0 Å². The van der Waals surface area contributed by atoms with Crippen LogP contribution in [0.2, 0.25) is 0 Å². The van der Waals surface area contributed by atoms with E-state index in [0.717, 1.165) is 22.3 Å². The number of aryl methyl sites for hydroxylation is 5. The summed E-state index contributed by atoms with van der Waals surface area (Å²) in [4.78, 5) is 25.5. The number of amides is 1. The molecule has 0 saturated heterocycles. The van der Waals surface area contributed by atoms with E-state index in [0.29, 0.717) is 17.8 Å². The third kappa shape index (κ3) is 4.83. The van der Waals surface area contributed by atoms with Gasteiger partial charge in [-0.1, -0.05) is 35.9 Å². The minimum Gasteiger partial charge on any atom is -0.350 e. The zero-order valence-corrected chi connectivity index (χ0v) is 19.8. The van der Waals surface area contributed by atoms with Gasteiger partial charge in [-0.15, -0.1) is 0 Å². The molecule has 0 aliphatic carbocycles. The smallest absolute Gasteiger partial charge is 0.270 e. The topological polar surface area (TPSA) is 85.2 Å². The molecule has 3 rings (SSSR count). The number of nitrogens with one attached hydrogen (secondary N) is 1. The summed E-state index contributed by atoms with van der Waals surface area (Å²) >= 11 is 0. The van der Waals surface area contributed by atoms with Crippen LogP contribution in [0.3, 0.4) is 0 Å². The Morgan fingerprint density at radius 1 is 0.875 bits per heavy atom. The lowest BCUT2D eigenvalue weighted by Gasteiger charge is -2.15. The largest absolute Gasteiger partial charge is 0.350 e. The van der Waals surface area contributed by atoms with E-state index in [2.05, 4.69) is 5.32 Å². The van der Waals surface area contributed by atoms with Crippen molar-refractivity contribution in [3.8, 4) is 0 Å². The maximum atomic E-state index is 13.3. The third-order valence-electron chi connectivity index (χ3n) is 5.62. The fourth-order valence-corrected chi connectivity index (χ4v) is 5.17. The van der Waals surface area contributed by atoms with E-state index in [9.17, 15) is 18.0 Å². The molecule has 168 valence electrons. The molecule has 6 nitrogen and oxygen atoms in total. The summed E-state index contributed by atoms with van der Waals surface area (Å²) in [5.41, 5.74) is 4.05. The molecule has 0 fully saturated rings. The summed E-state index contributed by atoms with van der Waals surface area (Å²) in [6.45, 7) is 9.06. The van der Waals surface area contributed by atoms with Gasteiger partial charge < -0.3 is 9.88 Å². The molecule has 1 aromatic heterocycles. The number of hydrogen-bond acceptors (Lipinski definition) is 4. The van der Waals surface area contributed by atoms with Gasteiger partial charge in [-0.3, -0.25) is 9.59 Å². The average Bonchev–Trinajstić information content (AvgIpc) is 2.72. The number of sulfone groups is 1. The van der Waals surface area contributed by atoms with Crippen LogP contribution >= 0.6 is 0 Å². The summed E-state index contributed by atoms with van der Waals surface area (Å²) in [7, 11) is -4.04. The minimum absolute atomic E-state index is 0.0695. The molecule has 0 spiro atoms. The molecular formula is C25H28N2O4S. The van der Waals surface area contributed by atoms with E-state index in [1.54, 1.807) is 32.0 Å². The molecule has 32 heavy (non-hydrogen) atoms. The van der Waals surface area contributed by atoms with Gasteiger partial charge in [0.05, 0.1) is 4.90 Å². The Morgan fingerprint density at radius 2 is 1.53 bits per heavy atom. The normalized spacial score (nSPS) is 11.4. The highest BCUT2D eigenvalue weighted by Gasteiger charge is 2.26. The van der Waals surface area contributed by atoms with Crippen molar-refractivity contribution in [3.05, 3.63) is 92.4 Å². The first kappa shape index (κ1) is 23.5. The Hall–Kier alpha value is -3.19. The van der Waals surface area contributed by atoms with E-state index in [4.69, 9.17) is 0 Å². The number of nitrogens with zero attached hydrogens (tertiary/aromatic N) is 1. The highest BCUT2D eigenvalue weighted by Crippen LogP contribution is 2.23. The summed E-state index contributed by atoms with van der Waals surface area (Å²) in [5, 5.41) is 2.79. The Balaban J connectivity index is 1.92. The second kappa shape index (κ2) is 9.12. The lowest BCUT2D eigenvalue weighted by Crippen LogP contribution is -2.35. The second-order valence-electron chi connectivity index (χ2n) is 8.20. The molecule has 0 radical (unpaired) electrons. The highest BCUT2D eigenvalue weighted by molar-refractivity contribution is 7.91. The summed E-state index contributed by atoms with van der Waals surface area (Å²) < 4.78 is 27.8. The van der Waals surface area contributed by atoms with Crippen molar-refractivity contribution < 1.29 is 13.2 Å². The molecular weight excluding hydrogens is 424 g/mol. The quantitative estimate of drug-likeness (QED) is 0.620. The molecule has 1 amide bonds. The first-order chi connectivity index (χ1) is 15.0. The average molecular weight is 453 g/mol. The zero-order chi connectivity index (χ0) is 23.6. The van der Waals surface area contributed by atoms with E-state index in [1.165, 1.54) is 10.6 Å². The Morgan fingerprint density at radius 3 is 2.16 bits per heavy atom. The number of pyridine rings is 1. The highest BCUT2D eigenvalue weighted by atomic mass is 32.2. The van der Waals surface area contributed by atoms with Gasteiger partial charge in [0.2, 0.25) is 15.7 Å². The lowest BCUT2D eigenvalue weighted by atomic mass is 10.1. The molecule has 0 aliphatic rings. The third-order valence-corrected chi connectivity index (χ3v) is 7.53. The Bertz CT molecular complexity index is 1340. The van der Waals surface area contributed by atoms with Gasteiger partial charge >= 0.3 is 0 Å². The molecule has 1 heterocycles. The molecule has 0 saturated carbocycles. The molecule has 0 unspecified atom stereocenters. The van der Waals surface area contributed by atoms with Crippen LogP contribution < -0.4 is 10.9 Å². The van der Waals surface area contributed by atoms with Crippen LogP contribution in [-0.2, 0) is 27.7 Å². The molecule has 0 atom stereocenters. The van der Waals surface area contributed by atoms with Gasteiger partial charge in [-0.05, 0) is 75.1 Å². The molecule has 0 bridgehead atoms. The van der Waals surface area contributed by atoms with Crippen molar-refractivity contribution in [3.63, 3.8) is 0 Å². The molecule has 0 aliphatic heterocycles. The number of benzene rings is 2. The number of rotatable bonds is 6. The van der Waals surface area contributed by atoms with Crippen LogP contribution in [0.15, 0.2) is 63.1 Å². The monoisotopic (exact) mass is 452 g/mol. The molecule has 3 aromatic rings. The Labute approximate surface area is 188 Å². The van der Waals surface area contributed by atoms with Crippen LogP contribution in [-0.4, -0.2) is 18.9 Å². The maximum absolute atomic E-state index is 13.3. The standard InChI is InChI=1S/C25H28N2O4S/c1-16-6-9-21(10-7-16)14-26-23(28)15-27-20(5)12-19(4)24(25(27)29)32(30,31)22-11-8-17(2)18(3)13-22/h6-13H,14-15H2,1-5H3,(H,26,28). The zero-order valence-electron chi connectivity index (χ0n) is 19.0. The van der Waals surface area contributed by atoms with Gasteiger partial charge in [-0.25, -0.2) is 8.42 Å². The van der Waals surface area contributed by atoms with Crippen LogP contribution in [0, 0.1) is 34.6 Å². The van der Waals surface area contributed by atoms with E-state index >= 15 is 0 Å². The van der Waals surface area contributed by atoms with Crippen molar-refractivity contribution >= 4 is 15.7 Å². The van der Waals surface area contributed by atoms with Gasteiger partial charge in [0, 0.05) is 12.2 Å². The van der Waals surface area contributed by atoms with Gasteiger partial charge in [0.25, 0.3) is 5.56 Å².